The van der Waals surface area contributed by atoms with Gasteiger partial charge in [0.2, 0.25) is 0 Å². The molecule has 0 bridgehead atoms. The van der Waals surface area contributed by atoms with Crippen molar-refractivity contribution in [2.24, 2.45) is 5.92 Å². The molecule has 1 atom stereocenters. The molecule has 2 aromatic rings. The Kier molecular flexibility index (Phi) is 9.19. The maximum atomic E-state index is 11.5. The van der Waals surface area contributed by atoms with Crippen molar-refractivity contribution in [2.75, 3.05) is 19.8 Å². The number of aliphatic hydroxyl groups excluding tert-OH is 1. The average Bonchev–Trinajstić information content (AvgIpc) is 3.17. The Bertz CT molecular complexity index is 905. The first-order valence-corrected chi connectivity index (χ1v) is 12.2. The molecule has 180 valence electrons. The number of hydrogen-bond donors (Lipinski definition) is 2. The normalized spacial score (nSPS) is 14.7. The summed E-state index contributed by atoms with van der Waals surface area (Å²) in [5, 5.41) is 14.4. The van der Waals surface area contributed by atoms with Crippen molar-refractivity contribution < 1.29 is 19.4 Å². The molecule has 1 aliphatic rings. The number of rotatable bonds is 12. The average molecular weight is 474 g/mol. The number of benzene rings is 2. The van der Waals surface area contributed by atoms with E-state index in [9.17, 15) is 9.90 Å². The van der Waals surface area contributed by atoms with E-state index in [1.165, 1.54) is 11.1 Å². The van der Waals surface area contributed by atoms with Crippen molar-refractivity contribution in [3.63, 3.8) is 0 Å². The maximum Gasteiger partial charge on any atom is 0.306 e. The fourth-order valence-corrected chi connectivity index (χ4v) is 4.78. The Balaban J connectivity index is 1.40. The summed E-state index contributed by atoms with van der Waals surface area (Å²) in [6.45, 7) is 7.16. The molecule has 2 N–H and O–H groups in total. The molecule has 33 heavy (non-hydrogen) atoms. The van der Waals surface area contributed by atoms with Gasteiger partial charge in [0.15, 0.2) is 0 Å². The Hall–Kier alpha value is -2.08. The second-order valence-electron chi connectivity index (χ2n) is 9.55. The minimum atomic E-state index is -0.649. The first-order valence-electron chi connectivity index (χ1n) is 11.8. The topological polar surface area (TPSA) is 67.8 Å². The maximum absolute atomic E-state index is 11.5. The predicted octanol–water partition coefficient (Wildman–Crippen LogP) is 4.75. The van der Waals surface area contributed by atoms with E-state index in [1.54, 1.807) is 19.1 Å². The molecule has 0 saturated carbocycles. The number of aliphatic hydroxyl groups is 1. The Morgan fingerprint density at radius 1 is 1.21 bits per heavy atom. The molecule has 0 aliphatic heterocycles. The van der Waals surface area contributed by atoms with Gasteiger partial charge in [-0.15, -0.1) is 0 Å². The standard InChI is InChI=1S/C27H36ClNO4/c1-4-32-26(31)12-10-19-9-11-25(24(28)15-19)33-18-23(30)17-29-27(2,3)16-20-13-21-7-5-6-8-22(21)14-20/h5-9,11,15,20,23,29-30H,4,10,12-14,16-18H2,1-3H3/t23-/m0/s1. The fourth-order valence-electron chi connectivity index (χ4n) is 4.52. The van der Waals surface area contributed by atoms with Gasteiger partial charge in [-0.1, -0.05) is 41.9 Å². The van der Waals surface area contributed by atoms with E-state index in [2.05, 4.69) is 43.4 Å². The zero-order valence-corrected chi connectivity index (χ0v) is 20.7. The van der Waals surface area contributed by atoms with Gasteiger partial charge in [0.1, 0.15) is 18.5 Å². The summed E-state index contributed by atoms with van der Waals surface area (Å²) in [7, 11) is 0. The number of esters is 1. The number of carbonyl (C=O) groups is 1. The van der Waals surface area contributed by atoms with Gasteiger partial charge < -0.3 is 19.9 Å². The molecular formula is C27H36ClNO4. The summed E-state index contributed by atoms with van der Waals surface area (Å²) in [4.78, 5) is 11.5. The highest BCUT2D eigenvalue weighted by Crippen LogP contribution is 2.32. The second-order valence-corrected chi connectivity index (χ2v) is 9.95. The van der Waals surface area contributed by atoms with Crippen LogP contribution in [0.1, 0.15) is 50.3 Å². The van der Waals surface area contributed by atoms with Crippen molar-refractivity contribution in [1.29, 1.82) is 0 Å². The van der Waals surface area contributed by atoms with Crippen molar-refractivity contribution in [2.45, 2.75) is 64.5 Å². The smallest absolute Gasteiger partial charge is 0.306 e. The molecule has 2 aromatic carbocycles. The van der Waals surface area contributed by atoms with Gasteiger partial charge in [0.05, 0.1) is 11.6 Å². The van der Waals surface area contributed by atoms with Gasteiger partial charge in [-0.3, -0.25) is 4.79 Å². The first kappa shape index (κ1) is 25.5. The minimum absolute atomic E-state index is 0.0775. The number of hydrogen-bond acceptors (Lipinski definition) is 5. The number of β-amino-alcohol motifs (C(OH)–C–C–N with tert-alkyl or cyclic N) is 1. The van der Waals surface area contributed by atoms with Crippen molar-refractivity contribution in [3.05, 3.63) is 64.2 Å². The van der Waals surface area contributed by atoms with Crippen LogP contribution in [0.2, 0.25) is 5.02 Å². The Morgan fingerprint density at radius 3 is 2.55 bits per heavy atom. The zero-order valence-electron chi connectivity index (χ0n) is 19.9. The van der Waals surface area contributed by atoms with E-state index < -0.39 is 6.10 Å². The third-order valence-electron chi connectivity index (χ3n) is 6.10. The van der Waals surface area contributed by atoms with Crippen molar-refractivity contribution in [3.8, 4) is 5.75 Å². The van der Waals surface area contributed by atoms with Gasteiger partial charge in [0.25, 0.3) is 0 Å². The number of carbonyl (C=O) groups excluding carboxylic acids is 1. The largest absolute Gasteiger partial charge is 0.489 e. The van der Waals surface area contributed by atoms with E-state index in [4.69, 9.17) is 21.1 Å². The van der Waals surface area contributed by atoms with E-state index in [0.717, 1.165) is 24.8 Å². The van der Waals surface area contributed by atoms with E-state index in [-0.39, 0.29) is 18.1 Å². The van der Waals surface area contributed by atoms with Gasteiger partial charge in [-0.05, 0) is 81.2 Å². The minimum Gasteiger partial charge on any atom is -0.489 e. The van der Waals surface area contributed by atoms with Crippen LogP contribution in [-0.4, -0.2) is 42.5 Å². The molecule has 0 unspecified atom stereocenters. The monoisotopic (exact) mass is 473 g/mol. The summed E-state index contributed by atoms with van der Waals surface area (Å²) in [6, 6.07) is 14.2. The molecule has 3 rings (SSSR count). The lowest BCUT2D eigenvalue weighted by atomic mass is 9.88. The quantitative estimate of drug-likeness (QED) is 0.435. The van der Waals surface area contributed by atoms with Gasteiger partial charge in [0, 0.05) is 18.5 Å². The molecule has 0 heterocycles. The molecular weight excluding hydrogens is 438 g/mol. The molecule has 0 aromatic heterocycles. The number of ether oxygens (including phenoxy) is 2. The third-order valence-corrected chi connectivity index (χ3v) is 6.40. The van der Waals surface area contributed by atoms with Gasteiger partial charge in [-0.2, -0.15) is 0 Å². The molecule has 0 saturated heterocycles. The van der Waals surface area contributed by atoms with Crippen molar-refractivity contribution in [1.82, 2.24) is 5.32 Å². The molecule has 0 spiro atoms. The molecule has 6 heteroatoms. The molecule has 0 radical (unpaired) electrons. The number of fused-ring (bicyclic) bond motifs is 1. The summed E-state index contributed by atoms with van der Waals surface area (Å²) in [6.07, 6.45) is 3.53. The van der Waals surface area contributed by atoms with Crippen LogP contribution in [0.5, 0.6) is 5.75 Å². The number of nitrogens with one attached hydrogen (secondary N) is 1. The first-order chi connectivity index (χ1) is 15.8. The van der Waals surface area contributed by atoms with E-state index in [0.29, 0.717) is 42.7 Å². The highest BCUT2D eigenvalue weighted by molar-refractivity contribution is 6.32. The molecule has 0 fully saturated rings. The van der Waals surface area contributed by atoms with Crippen LogP contribution in [0.25, 0.3) is 0 Å². The lowest BCUT2D eigenvalue weighted by Crippen LogP contribution is -2.46. The second kappa shape index (κ2) is 11.9. The predicted molar refractivity (Wildman–Crippen MR) is 132 cm³/mol. The fraction of sp³-hybridized carbons (Fsp3) is 0.519. The van der Waals surface area contributed by atoms with Gasteiger partial charge in [-0.25, -0.2) is 0 Å². The summed E-state index contributed by atoms with van der Waals surface area (Å²) in [5.74, 6) is 0.933. The zero-order chi connectivity index (χ0) is 23.8. The molecule has 5 nitrogen and oxygen atoms in total. The van der Waals surface area contributed by atoms with Crippen LogP contribution in [0, 0.1) is 5.92 Å². The lowest BCUT2D eigenvalue weighted by molar-refractivity contribution is -0.143. The van der Waals surface area contributed by atoms with Gasteiger partial charge >= 0.3 is 5.97 Å². The van der Waals surface area contributed by atoms with Crippen LogP contribution in [0.3, 0.4) is 0 Å². The summed E-state index contributed by atoms with van der Waals surface area (Å²) in [5.41, 5.74) is 3.80. The Morgan fingerprint density at radius 2 is 1.91 bits per heavy atom. The lowest BCUT2D eigenvalue weighted by Gasteiger charge is -2.30. The molecule has 1 aliphatic carbocycles. The van der Waals surface area contributed by atoms with Crippen LogP contribution in [0.15, 0.2) is 42.5 Å². The number of halogens is 1. The number of aryl methyl sites for hydroxylation is 1. The molecule has 0 amide bonds. The van der Waals surface area contributed by atoms with Crippen molar-refractivity contribution >= 4 is 17.6 Å². The Labute approximate surface area is 202 Å². The SMILES string of the molecule is CCOC(=O)CCc1ccc(OC[C@@H](O)CNC(C)(C)CC2Cc3ccccc3C2)c(Cl)c1. The van der Waals surface area contributed by atoms with E-state index in [1.807, 2.05) is 6.07 Å². The summed E-state index contributed by atoms with van der Waals surface area (Å²) >= 11 is 6.33. The highest BCUT2D eigenvalue weighted by Gasteiger charge is 2.28. The van der Waals surface area contributed by atoms with Crippen LogP contribution in [-0.2, 0) is 28.8 Å². The van der Waals surface area contributed by atoms with E-state index >= 15 is 0 Å². The van der Waals surface area contributed by atoms with Crippen LogP contribution in [0.4, 0.5) is 0 Å². The summed E-state index contributed by atoms with van der Waals surface area (Å²) < 4.78 is 10.7. The third kappa shape index (κ3) is 8.02. The van der Waals surface area contributed by atoms with Crippen LogP contribution < -0.4 is 10.1 Å². The van der Waals surface area contributed by atoms with Crippen LogP contribution >= 0.6 is 11.6 Å². The highest BCUT2D eigenvalue weighted by atomic mass is 35.5.